The molecule has 0 spiro atoms. The molecule has 88 valence electrons. The molecule has 17 heavy (non-hydrogen) atoms. The Morgan fingerprint density at radius 1 is 1.12 bits per heavy atom. The molecule has 0 radical (unpaired) electrons. The van der Waals surface area contributed by atoms with Crippen LogP contribution in [0.25, 0.3) is 11.1 Å². The van der Waals surface area contributed by atoms with Crippen LogP contribution < -0.4 is 5.73 Å². The summed E-state index contributed by atoms with van der Waals surface area (Å²) in [5.41, 5.74) is 8.29. The lowest BCUT2D eigenvalue weighted by Crippen LogP contribution is -1.95. The number of hydrogen-bond acceptors (Lipinski definition) is 2. The number of nitrogens with zero attached hydrogens (tertiary/aromatic N) is 1. The number of nitrogen functional groups attached to an aromatic ring is 1. The minimum atomic E-state index is -0.476. The van der Waals surface area contributed by atoms with Crippen molar-refractivity contribution in [1.82, 2.24) is 4.98 Å². The molecule has 0 aliphatic carbocycles. The highest BCUT2D eigenvalue weighted by atomic mass is 19.1. The maximum absolute atomic E-state index is 13.3. The van der Waals surface area contributed by atoms with E-state index in [-0.39, 0.29) is 5.82 Å². The quantitative estimate of drug-likeness (QED) is 0.856. The van der Waals surface area contributed by atoms with Crippen LogP contribution in [-0.4, -0.2) is 4.98 Å². The molecule has 0 aliphatic heterocycles. The van der Waals surface area contributed by atoms with Gasteiger partial charge in [-0.25, -0.2) is 9.37 Å². The molecular formula is C14H15FN2. The van der Waals surface area contributed by atoms with E-state index in [4.69, 9.17) is 5.73 Å². The average molecular weight is 230 g/mol. The van der Waals surface area contributed by atoms with Crippen molar-refractivity contribution < 1.29 is 4.39 Å². The lowest BCUT2D eigenvalue weighted by atomic mass is 9.99. The molecule has 2 N–H and O–H groups in total. The molecule has 0 fully saturated rings. The fourth-order valence-electron chi connectivity index (χ4n) is 1.67. The zero-order chi connectivity index (χ0) is 12.4. The van der Waals surface area contributed by atoms with Gasteiger partial charge in [0.25, 0.3) is 0 Å². The van der Waals surface area contributed by atoms with Crippen LogP contribution in [-0.2, 0) is 0 Å². The summed E-state index contributed by atoms with van der Waals surface area (Å²) in [7, 11) is 0. The van der Waals surface area contributed by atoms with Gasteiger partial charge in [0.2, 0.25) is 0 Å². The highest BCUT2D eigenvalue weighted by Gasteiger charge is 2.04. The van der Waals surface area contributed by atoms with Crippen LogP contribution in [0.4, 0.5) is 10.2 Å². The van der Waals surface area contributed by atoms with Gasteiger partial charge in [-0.1, -0.05) is 38.1 Å². The van der Waals surface area contributed by atoms with Crippen molar-refractivity contribution in [2.45, 2.75) is 19.8 Å². The van der Waals surface area contributed by atoms with Gasteiger partial charge in [-0.2, -0.15) is 0 Å². The predicted molar refractivity (Wildman–Crippen MR) is 68.1 cm³/mol. The first-order valence-corrected chi connectivity index (χ1v) is 5.59. The Labute approximate surface area is 100 Å². The number of aromatic nitrogens is 1. The third-order valence-corrected chi connectivity index (χ3v) is 2.78. The number of nitrogens with two attached hydrogens (primary N) is 1. The summed E-state index contributed by atoms with van der Waals surface area (Å²) in [5, 5.41) is 0. The molecule has 0 unspecified atom stereocenters. The average Bonchev–Trinajstić information content (AvgIpc) is 2.33. The van der Waals surface area contributed by atoms with Gasteiger partial charge in [-0.15, -0.1) is 0 Å². The smallest absolute Gasteiger partial charge is 0.165 e. The van der Waals surface area contributed by atoms with E-state index in [2.05, 4.69) is 18.8 Å². The molecule has 0 bridgehead atoms. The Balaban J connectivity index is 2.36. The van der Waals surface area contributed by atoms with Gasteiger partial charge in [0, 0.05) is 11.8 Å². The zero-order valence-corrected chi connectivity index (χ0v) is 9.94. The van der Waals surface area contributed by atoms with Crippen LogP contribution in [0.5, 0.6) is 0 Å². The van der Waals surface area contributed by atoms with Crippen LogP contribution in [0.2, 0.25) is 0 Å². The van der Waals surface area contributed by atoms with E-state index < -0.39 is 5.82 Å². The van der Waals surface area contributed by atoms with Gasteiger partial charge in [0.05, 0.1) is 0 Å². The molecule has 1 aromatic heterocycles. The standard InChI is InChI=1S/C14H15FN2/c1-9(2)10-3-5-11(6-4-10)12-7-13(15)14(16)17-8-12/h3-9H,1-2H3,(H2,16,17). The zero-order valence-electron chi connectivity index (χ0n) is 9.94. The van der Waals surface area contributed by atoms with E-state index >= 15 is 0 Å². The highest BCUT2D eigenvalue weighted by Crippen LogP contribution is 2.23. The minimum Gasteiger partial charge on any atom is -0.381 e. The van der Waals surface area contributed by atoms with Gasteiger partial charge in [0.1, 0.15) is 0 Å². The van der Waals surface area contributed by atoms with E-state index in [1.54, 1.807) is 6.20 Å². The second-order valence-corrected chi connectivity index (χ2v) is 4.37. The second-order valence-electron chi connectivity index (χ2n) is 4.37. The second kappa shape index (κ2) is 4.53. The number of anilines is 1. The monoisotopic (exact) mass is 230 g/mol. The Bertz CT molecular complexity index is 518. The Hall–Kier alpha value is -1.90. The molecule has 0 aliphatic rings. The first kappa shape index (κ1) is 11.6. The number of rotatable bonds is 2. The van der Waals surface area contributed by atoms with Crippen molar-refractivity contribution in [3.8, 4) is 11.1 Å². The third-order valence-electron chi connectivity index (χ3n) is 2.78. The number of pyridine rings is 1. The summed E-state index contributed by atoms with van der Waals surface area (Å²) in [4.78, 5) is 3.82. The van der Waals surface area contributed by atoms with E-state index in [0.29, 0.717) is 5.92 Å². The third kappa shape index (κ3) is 2.44. The number of halogens is 1. The summed E-state index contributed by atoms with van der Waals surface area (Å²) in [5.74, 6) is -0.0479. The SMILES string of the molecule is CC(C)c1ccc(-c2cnc(N)c(F)c2)cc1. The summed E-state index contributed by atoms with van der Waals surface area (Å²) in [6.45, 7) is 4.28. The van der Waals surface area contributed by atoms with Crippen molar-refractivity contribution in [1.29, 1.82) is 0 Å². The van der Waals surface area contributed by atoms with Gasteiger partial charge in [0.15, 0.2) is 11.6 Å². The molecule has 2 rings (SSSR count). The largest absolute Gasteiger partial charge is 0.381 e. The number of benzene rings is 1. The summed E-state index contributed by atoms with van der Waals surface area (Å²) in [6, 6.07) is 9.46. The first-order valence-electron chi connectivity index (χ1n) is 5.59. The lowest BCUT2D eigenvalue weighted by Gasteiger charge is -2.07. The molecule has 0 saturated carbocycles. The van der Waals surface area contributed by atoms with E-state index in [1.165, 1.54) is 11.6 Å². The van der Waals surface area contributed by atoms with Crippen LogP contribution in [0.1, 0.15) is 25.3 Å². The summed E-state index contributed by atoms with van der Waals surface area (Å²) in [6.07, 6.45) is 1.59. The topological polar surface area (TPSA) is 38.9 Å². The van der Waals surface area contributed by atoms with Crippen LogP contribution in [0.15, 0.2) is 36.5 Å². The molecule has 3 heteroatoms. The van der Waals surface area contributed by atoms with Crippen molar-refractivity contribution in [2.75, 3.05) is 5.73 Å². The Morgan fingerprint density at radius 3 is 2.29 bits per heavy atom. The van der Waals surface area contributed by atoms with E-state index in [0.717, 1.165) is 11.1 Å². The van der Waals surface area contributed by atoms with Crippen molar-refractivity contribution >= 4 is 5.82 Å². The van der Waals surface area contributed by atoms with Crippen molar-refractivity contribution in [3.63, 3.8) is 0 Å². The van der Waals surface area contributed by atoms with E-state index in [1.807, 2.05) is 24.3 Å². The molecule has 2 aromatic rings. The van der Waals surface area contributed by atoms with Crippen molar-refractivity contribution in [3.05, 3.63) is 47.9 Å². The van der Waals surface area contributed by atoms with Crippen LogP contribution in [0, 0.1) is 5.82 Å². The van der Waals surface area contributed by atoms with E-state index in [9.17, 15) is 4.39 Å². The van der Waals surface area contributed by atoms with Crippen LogP contribution >= 0.6 is 0 Å². The molecule has 0 amide bonds. The molecule has 0 atom stereocenters. The maximum atomic E-state index is 13.3. The molecule has 2 nitrogen and oxygen atoms in total. The van der Waals surface area contributed by atoms with Gasteiger partial charge >= 0.3 is 0 Å². The number of hydrogen-bond donors (Lipinski definition) is 1. The molecule has 1 heterocycles. The summed E-state index contributed by atoms with van der Waals surface area (Å²) >= 11 is 0. The fraction of sp³-hybridized carbons (Fsp3) is 0.214. The van der Waals surface area contributed by atoms with Gasteiger partial charge in [-0.05, 0) is 23.1 Å². The fourth-order valence-corrected chi connectivity index (χ4v) is 1.67. The van der Waals surface area contributed by atoms with Crippen LogP contribution in [0.3, 0.4) is 0 Å². The lowest BCUT2D eigenvalue weighted by molar-refractivity contribution is 0.628. The van der Waals surface area contributed by atoms with Crippen molar-refractivity contribution in [2.24, 2.45) is 0 Å². The molecule has 0 saturated heterocycles. The first-order chi connectivity index (χ1) is 8.08. The highest BCUT2D eigenvalue weighted by molar-refractivity contribution is 5.64. The summed E-state index contributed by atoms with van der Waals surface area (Å²) < 4.78 is 13.3. The normalized spacial score (nSPS) is 10.8. The minimum absolute atomic E-state index is 0.0625. The van der Waals surface area contributed by atoms with Gasteiger partial charge in [-0.3, -0.25) is 0 Å². The Kier molecular flexibility index (Phi) is 3.09. The molecule has 1 aromatic carbocycles. The maximum Gasteiger partial charge on any atom is 0.165 e. The predicted octanol–water partition coefficient (Wildman–Crippen LogP) is 3.59. The molecular weight excluding hydrogens is 215 g/mol. The van der Waals surface area contributed by atoms with Gasteiger partial charge < -0.3 is 5.73 Å². The Morgan fingerprint density at radius 2 is 1.76 bits per heavy atom.